The maximum Gasteiger partial charge on any atom is 0.161 e. The predicted molar refractivity (Wildman–Crippen MR) is 227 cm³/mol. The molecule has 0 bridgehead atoms. The van der Waals surface area contributed by atoms with Crippen LogP contribution in [0.4, 0.5) is 0 Å². The van der Waals surface area contributed by atoms with E-state index in [0.29, 0.717) is 13.2 Å². The van der Waals surface area contributed by atoms with Gasteiger partial charge in [-0.15, -0.1) is 35.4 Å². The summed E-state index contributed by atoms with van der Waals surface area (Å²) in [5.74, 6) is 1.71. The fourth-order valence-corrected chi connectivity index (χ4v) is 9.04. The number of nitrogens with zero attached hydrogens (tertiary/aromatic N) is 1. The van der Waals surface area contributed by atoms with E-state index in [9.17, 15) is 0 Å². The van der Waals surface area contributed by atoms with Gasteiger partial charge in [0, 0.05) is 26.3 Å². The van der Waals surface area contributed by atoms with Gasteiger partial charge < -0.3 is 14.5 Å². The Morgan fingerprint density at radius 2 is 1.21 bits per heavy atom. The van der Waals surface area contributed by atoms with Crippen molar-refractivity contribution in [3.8, 4) is 56.1 Å². The van der Waals surface area contributed by atoms with E-state index in [1.807, 2.05) is 12.3 Å². The molecule has 0 saturated carbocycles. The number of rotatable bonds is 12. The van der Waals surface area contributed by atoms with Crippen LogP contribution in [-0.4, -0.2) is 18.2 Å². The quantitative estimate of drug-likeness (QED) is 0.0904. The Morgan fingerprint density at radius 1 is 0.571 bits per heavy atom. The Kier molecular flexibility index (Phi) is 10.7. The van der Waals surface area contributed by atoms with E-state index in [4.69, 9.17) is 14.5 Å². The number of aromatic nitrogens is 1. The molecule has 0 saturated heterocycles. The molecule has 6 aromatic carbocycles. The van der Waals surface area contributed by atoms with Crippen molar-refractivity contribution in [1.29, 1.82) is 0 Å². The Hall–Kier alpha value is -5.02. The van der Waals surface area contributed by atoms with Gasteiger partial charge in [-0.25, -0.2) is 0 Å². The molecular weight excluding hydrogens is 863 g/mol. The van der Waals surface area contributed by atoms with Crippen molar-refractivity contribution < 1.29 is 29.6 Å². The monoisotopic (exact) mass is 911 g/mol. The van der Waals surface area contributed by atoms with Crippen LogP contribution in [0.5, 0.6) is 11.5 Å². The number of ether oxygens (including phenoxy) is 2. The van der Waals surface area contributed by atoms with Crippen LogP contribution in [0.3, 0.4) is 0 Å². The minimum Gasteiger partial charge on any atom is -0.490 e. The van der Waals surface area contributed by atoms with E-state index in [2.05, 4.69) is 143 Å². The molecule has 56 heavy (non-hydrogen) atoms. The molecular formula is C52H48IrNO2-. The van der Waals surface area contributed by atoms with Gasteiger partial charge in [0.1, 0.15) is 0 Å². The predicted octanol–water partition coefficient (Wildman–Crippen LogP) is 13.5. The van der Waals surface area contributed by atoms with Gasteiger partial charge in [-0.1, -0.05) is 112 Å². The standard InChI is InChI=1S/C52H48NO2.Ir/c1-5-7-13-26-54-49-32-44-42-28-34(3)35(4)29-47(42)52(48(44)33-50(49)55-27-14-8-6-2)45-21-12-11-20-41(45)43-31-38(22-23-46(43)52)37-17-15-18-39(30-37)51-40-19-10-9-16-36(40)24-25-53-51;/h9-12,15-17,19-25,28-33H,5-8,13-14,26-27H2,1-4H3;/q-1;. The normalized spacial score (nSPS) is 14.6. The van der Waals surface area contributed by atoms with Gasteiger partial charge in [0.25, 0.3) is 0 Å². The smallest absolute Gasteiger partial charge is 0.161 e. The maximum absolute atomic E-state index is 6.66. The third-order valence-electron chi connectivity index (χ3n) is 11.9. The summed E-state index contributed by atoms with van der Waals surface area (Å²) in [6.07, 6.45) is 8.57. The fraction of sp³-hybridized carbons (Fsp3) is 0.250. The molecule has 0 fully saturated rings. The second-order valence-electron chi connectivity index (χ2n) is 15.4. The number of benzene rings is 6. The van der Waals surface area contributed by atoms with Gasteiger partial charge in [-0.05, 0) is 129 Å². The topological polar surface area (TPSA) is 31.4 Å². The van der Waals surface area contributed by atoms with E-state index >= 15 is 0 Å². The second kappa shape index (κ2) is 15.8. The number of unbranched alkanes of at least 4 members (excludes halogenated alkanes) is 4. The summed E-state index contributed by atoms with van der Waals surface area (Å²) < 4.78 is 13.2. The molecule has 1 atom stereocenters. The molecule has 1 radical (unpaired) electrons. The minimum atomic E-state index is -0.488. The third kappa shape index (κ3) is 6.28. The largest absolute Gasteiger partial charge is 0.490 e. The average molecular weight is 911 g/mol. The molecule has 4 heteroatoms. The van der Waals surface area contributed by atoms with Crippen LogP contribution in [0.25, 0.3) is 55.4 Å². The molecule has 7 aromatic rings. The molecule has 3 nitrogen and oxygen atoms in total. The Morgan fingerprint density at radius 3 is 2.02 bits per heavy atom. The summed E-state index contributed by atoms with van der Waals surface area (Å²) in [5, 5.41) is 2.31. The van der Waals surface area contributed by atoms with E-state index in [1.165, 1.54) is 66.6 Å². The van der Waals surface area contributed by atoms with Gasteiger partial charge in [0.05, 0.1) is 18.6 Å². The van der Waals surface area contributed by atoms with E-state index in [1.54, 1.807) is 0 Å². The zero-order valence-corrected chi connectivity index (χ0v) is 35.2. The number of hydrogen-bond donors (Lipinski definition) is 0. The van der Waals surface area contributed by atoms with E-state index in [0.717, 1.165) is 72.2 Å². The summed E-state index contributed by atoms with van der Waals surface area (Å²) in [6.45, 7) is 10.3. The van der Waals surface area contributed by atoms with Crippen molar-refractivity contribution in [2.24, 2.45) is 0 Å². The third-order valence-corrected chi connectivity index (χ3v) is 11.9. The summed E-state index contributed by atoms with van der Waals surface area (Å²) in [5.41, 5.74) is 16.7. The van der Waals surface area contributed by atoms with Crippen LogP contribution in [0, 0.1) is 19.9 Å². The number of pyridine rings is 1. The molecule has 0 N–H and O–H groups in total. The van der Waals surface area contributed by atoms with Crippen LogP contribution in [0.1, 0.15) is 85.8 Å². The molecule has 9 rings (SSSR count). The number of hydrogen-bond acceptors (Lipinski definition) is 3. The van der Waals surface area contributed by atoms with Crippen LogP contribution in [-0.2, 0) is 25.5 Å². The molecule has 0 amide bonds. The van der Waals surface area contributed by atoms with E-state index in [-0.39, 0.29) is 20.1 Å². The second-order valence-corrected chi connectivity index (χ2v) is 15.4. The first-order valence-corrected chi connectivity index (χ1v) is 20.2. The zero-order chi connectivity index (χ0) is 37.5. The Labute approximate surface area is 345 Å². The summed E-state index contributed by atoms with van der Waals surface area (Å²) in [4.78, 5) is 4.82. The van der Waals surface area contributed by atoms with Crippen LogP contribution in [0.15, 0.2) is 121 Å². The SMILES string of the molecule is CCCCCOc1cc2c(cc1OCCCCC)C1(c3ccccc3-c3cc(-c4cc[c-]c(-c5nccc6ccccc56)c4)ccc31)c1cc(C)c(C)cc1-2.[Ir]. The molecule has 1 unspecified atom stereocenters. The molecule has 2 aliphatic rings. The molecule has 0 aliphatic heterocycles. The van der Waals surface area contributed by atoms with Crippen molar-refractivity contribution in [2.75, 3.05) is 13.2 Å². The fourth-order valence-electron chi connectivity index (χ4n) is 9.04. The van der Waals surface area contributed by atoms with Crippen molar-refractivity contribution >= 4 is 10.8 Å². The Bertz CT molecular complexity index is 2570. The van der Waals surface area contributed by atoms with Crippen molar-refractivity contribution in [2.45, 2.75) is 71.6 Å². The molecule has 2 aliphatic carbocycles. The van der Waals surface area contributed by atoms with Crippen LogP contribution < -0.4 is 9.47 Å². The molecule has 1 heterocycles. The summed E-state index contributed by atoms with van der Waals surface area (Å²) in [7, 11) is 0. The number of fused-ring (bicyclic) bond motifs is 11. The van der Waals surface area contributed by atoms with Crippen molar-refractivity contribution in [3.05, 3.63) is 161 Å². The zero-order valence-electron chi connectivity index (χ0n) is 32.8. The van der Waals surface area contributed by atoms with Crippen LogP contribution in [0.2, 0.25) is 0 Å². The van der Waals surface area contributed by atoms with Crippen molar-refractivity contribution in [3.63, 3.8) is 0 Å². The van der Waals surface area contributed by atoms with Gasteiger partial charge >= 0.3 is 0 Å². The summed E-state index contributed by atoms with van der Waals surface area (Å²) in [6, 6.07) is 46.1. The molecule has 283 valence electrons. The van der Waals surface area contributed by atoms with Gasteiger partial charge in [-0.3, -0.25) is 0 Å². The first kappa shape index (κ1) is 37.9. The van der Waals surface area contributed by atoms with Crippen molar-refractivity contribution in [1.82, 2.24) is 4.98 Å². The first-order valence-electron chi connectivity index (χ1n) is 20.2. The maximum atomic E-state index is 6.66. The molecule has 1 aromatic heterocycles. The first-order chi connectivity index (χ1) is 27.0. The van der Waals surface area contributed by atoms with Gasteiger partial charge in [0.2, 0.25) is 0 Å². The average Bonchev–Trinajstić information content (AvgIpc) is 3.66. The number of aryl methyl sites for hydroxylation is 2. The van der Waals surface area contributed by atoms with Crippen LogP contribution >= 0.6 is 0 Å². The van der Waals surface area contributed by atoms with Gasteiger partial charge in [-0.2, -0.15) is 0 Å². The Balaban J connectivity index is 0.00000441. The molecule has 1 spiro atoms. The summed E-state index contributed by atoms with van der Waals surface area (Å²) >= 11 is 0. The van der Waals surface area contributed by atoms with E-state index < -0.39 is 5.41 Å². The van der Waals surface area contributed by atoms with Gasteiger partial charge in [0.15, 0.2) is 11.5 Å². The minimum absolute atomic E-state index is 0.